The van der Waals surface area contributed by atoms with Gasteiger partial charge in [0.2, 0.25) is 0 Å². The summed E-state index contributed by atoms with van der Waals surface area (Å²) >= 11 is 0. The Hall–Kier alpha value is -1.51. The first kappa shape index (κ1) is 21.5. The van der Waals surface area contributed by atoms with Gasteiger partial charge in [-0.2, -0.15) is 0 Å². The fourth-order valence-electron chi connectivity index (χ4n) is 2.75. The molecule has 0 heterocycles. The standard InChI is InChI=1S/C22H31NO.ClH/c1-2-3-4-5-6-10-16-23-18-21-14-11-15-22(17-21)24-19-20-12-8-7-9-13-20;/h7-9,11-15,17,23H,2-6,10,16,18-19H2,1H3;1H. The van der Waals surface area contributed by atoms with Crippen LogP contribution in [0.25, 0.3) is 0 Å². The van der Waals surface area contributed by atoms with E-state index in [1.807, 2.05) is 24.3 Å². The number of benzene rings is 2. The third-order valence-corrected chi connectivity index (χ3v) is 4.18. The molecule has 1 N–H and O–H groups in total. The first-order valence-electron chi connectivity index (χ1n) is 9.35. The van der Waals surface area contributed by atoms with Crippen LogP contribution in [0.4, 0.5) is 0 Å². The van der Waals surface area contributed by atoms with E-state index in [9.17, 15) is 0 Å². The molecule has 0 saturated carbocycles. The highest BCUT2D eigenvalue weighted by Crippen LogP contribution is 2.15. The van der Waals surface area contributed by atoms with E-state index in [0.29, 0.717) is 6.61 Å². The Morgan fingerprint density at radius 3 is 2.32 bits per heavy atom. The van der Waals surface area contributed by atoms with E-state index in [-0.39, 0.29) is 12.4 Å². The molecule has 138 valence electrons. The molecule has 0 amide bonds. The molecule has 3 heteroatoms. The normalized spacial score (nSPS) is 10.3. The smallest absolute Gasteiger partial charge is 0.120 e. The molecule has 25 heavy (non-hydrogen) atoms. The summed E-state index contributed by atoms with van der Waals surface area (Å²) in [6.07, 6.45) is 8.07. The molecule has 0 fully saturated rings. The largest absolute Gasteiger partial charge is 0.489 e. The zero-order valence-corrected chi connectivity index (χ0v) is 16.2. The van der Waals surface area contributed by atoms with Crippen molar-refractivity contribution in [3.8, 4) is 5.75 Å². The monoisotopic (exact) mass is 361 g/mol. The quantitative estimate of drug-likeness (QED) is 0.458. The molecule has 0 aliphatic carbocycles. The van der Waals surface area contributed by atoms with Crippen LogP contribution in [0.5, 0.6) is 5.75 Å². The molecular weight excluding hydrogens is 330 g/mol. The van der Waals surface area contributed by atoms with Gasteiger partial charge in [0.15, 0.2) is 0 Å². The van der Waals surface area contributed by atoms with E-state index in [1.165, 1.54) is 49.7 Å². The summed E-state index contributed by atoms with van der Waals surface area (Å²) in [5.74, 6) is 0.942. The number of halogens is 1. The van der Waals surface area contributed by atoms with Crippen molar-refractivity contribution in [3.63, 3.8) is 0 Å². The van der Waals surface area contributed by atoms with E-state index in [2.05, 4.69) is 42.6 Å². The number of hydrogen-bond acceptors (Lipinski definition) is 2. The second-order valence-electron chi connectivity index (χ2n) is 6.37. The van der Waals surface area contributed by atoms with Crippen molar-refractivity contribution in [2.75, 3.05) is 6.54 Å². The average molecular weight is 362 g/mol. The lowest BCUT2D eigenvalue weighted by Crippen LogP contribution is -2.14. The third-order valence-electron chi connectivity index (χ3n) is 4.18. The second kappa shape index (κ2) is 13.7. The van der Waals surface area contributed by atoms with Gasteiger partial charge in [0.25, 0.3) is 0 Å². The summed E-state index contributed by atoms with van der Waals surface area (Å²) in [6.45, 7) is 4.90. The summed E-state index contributed by atoms with van der Waals surface area (Å²) in [6, 6.07) is 18.7. The number of unbranched alkanes of at least 4 members (excludes halogenated alkanes) is 5. The summed E-state index contributed by atoms with van der Waals surface area (Å²) in [5, 5.41) is 3.54. The van der Waals surface area contributed by atoms with Crippen molar-refractivity contribution in [1.29, 1.82) is 0 Å². The van der Waals surface area contributed by atoms with Gasteiger partial charge in [-0.15, -0.1) is 12.4 Å². The molecule has 0 spiro atoms. The molecule has 2 aromatic rings. The molecule has 0 aromatic heterocycles. The van der Waals surface area contributed by atoms with E-state index >= 15 is 0 Å². The molecular formula is C22H32ClNO. The maximum Gasteiger partial charge on any atom is 0.120 e. The Kier molecular flexibility index (Phi) is 11.8. The zero-order valence-electron chi connectivity index (χ0n) is 15.4. The lowest BCUT2D eigenvalue weighted by atomic mass is 10.1. The van der Waals surface area contributed by atoms with Crippen molar-refractivity contribution in [1.82, 2.24) is 5.32 Å². The van der Waals surface area contributed by atoms with Gasteiger partial charge in [0.05, 0.1) is 0 Å². The summed E-state index contributed by atoms with van der Waals surface area (Å²) in [7, 11) is 0. The Morgan fingerprint density at radius 2 is 1.52 bits per heavy atom. The van der Waals surface area contributed by atoms with E-state index in [4.69, 9.17) is 4.74 Å². The van der Waals surface area contributed by atoms with Gasteiger partial charge in [0, 0.05) is 6.54 Å². The molecule has 0 unspecified atom stereocenters. The predicted octanol–water partition coefficient (Wildman–Crippen LogP) is 6.14. The van der Waals surface area contributed by atoms with Gasteiger partial charge in [-0.3, -0.25) is 0 Å². The van der Waals surface area contributed by atoms with Crippen LogP contribution in [0.1, 0.15) is 56.6 Å². The second-order valence-corrected chi connectivity index (χ2v) is 6.37. The lowest BCUT2D eigenvalue weighted by Gasteiger charge is -2.09. The first-order chi connectivity index (χ1) is 11.9. The molecule has 0 aliphatic heterocycles. The van der Waals surface area contributed by atoms with Crippen molar-refractivity contribution in [2.24, 2.45) is 0 Å². The minimum absolute atomic E-state index is 0. The number of nitrogens with one attached hydrogen (secondary N) is 1. The fourth-order valence-corrected chi connectivity index (χ4v) is 2.75. The van der Waals surface area contributed by atoms with Gasteiger partial charge in [-0.25, -0.2) is 0 Å². The first-order valence-corrected chi connectivity index (χ1v) is 9.35. The average Bonchev–Trinajstić information content (AvgIpc) is 2.63. The van der Waals surface area contributed by atoms with Crippen molar-refractivity contribution in [2.45, 2.75) is 58.6 Å². The topological polar surface area (TPSA) is 21.3 Å². The fraction of sp³-hybridized carbons (Fsp3) is 0.455. The van der Waals surface area contributed by atoms with E-state index < -0.39 is 0 Å². The van der Waals surface area contributed by atoms with Crippen LogP contribution in [-0.2, 0) is 13.2 Å². The zero-order chi connectivity index (χ0) is 16.9. The third kappa shape index (κ3) is 9.52. The van der Waals surface area contributed by atoms with Crippen molar-refractivity contribution in [3.05, 3.63) is 65.7 Å². The maximum absolute atomic E-state index is 5.89. The molecule has 0 aliphatic rings. The Bertz CT molecular complexity index is 559. The van der Waals surface area contributed by atoms with Crippen molar-refractivity contribution >= 4 is 12.4 Å². The predicted molar refractivity (Wildman–Crippen MR) is 110 cm³/mol. The minimum atomic E-state index is 0. The molecule has 2 aromatic carbocycles. The molecule has 0 bridgehead atoms. The molecule has 0 radical (unpaired) electrons. The maximum atomic E-state index is 5.89. The van der Waals surface area contributed by atoms with E-state index in [1.54, 1.807) is 0 Å². The molecule has 0 atom stereocenters. The highest BCUT2D eigenvalue weighted by molar-refractivity contribution is 5.85. The van der Waals surface area contributed by atoms with Crippen LogP contribution in [-0.4, -0.2) is 6.54 Å². The molecule has 2 rings (SSSR count). The molecule has 0 saturated heterocycles. The van der Waals surface area contributed by atoms with Gasteiger partial charge >= 0.3 is 0 Å². The molecule has 2 nitrogen and oxygen atoms in total. The lowest BCUT2D eigenvalue weighted by molar-refractivity contribution is 0.306. The van der Waals surface area contributed by atoms with Gasteiger partial charge in [-0.1, -0.05) is 81.5 Å². The number of ether oxygens (including phenoxy) is 1. The van der Waals surface area contributed by atoms with Crippen LogP contribution in [0.3, 0.4) is 0 Å². The van der Waals surface area contributed by atoms with Gasteiger partial charge < -0.3 is 10.1 Å². The number of rotatable bonds is 12. The Morgan fingerprint density at radius 1 is 0.800 bits per heavy atom. The van der Waals surface area contributed by atoms with Crippen LogP contribution >= 0.6 is 12.4 Å². The van der Waals surface area contributed by atoms with Crippen LogP contribution in [0, 0.1) is 0 Å². The highest BCUT2D eigenvalue weighted by atomic mass is 35.5. The van der Waals surface area contributed by atoms with Crippen LogP contribution in [0.15, 0.2) is 54.6 Å². The summed E-state index contributed by atoms with van der Waals surface area (Å²) in [4.78, 5) is 0. The Labute approximate surface area is 159 Å². The minimum Gasteiger partial charge on any atom is -0.489 e. The Balaban J connectivity index is 0.00000312. The summed E-state index contributed by atoms with van der Waals surface area (Å²) in [5.41, 5.74) is 2.48. The highest BCUT2D eigenvalue weighted by Gasteiger charge is 1.98. The van der Waals surface area contributed by atoms with Gasteiger partial charge in [-0.05, 0) is 36.2 Å². The number of hydrogen-bond donors (Lipinski definition) is 1. The SMILES string of the molecule is CCCCCCCCNCc1cccc(OCc2ccccc2)c1.Cl. The van der Waals surface area contributed by atoms with E-state index in [0.717, 1.165) is 18.8 Å². The van der Waals surface area contributed by atoms with Crippen LogP contribution < -0.4 is 10.1 Å². The summed E-state index contributed by atoms with van der Waals surface area (Å²) < 4.78 is 5.89. The van der Waals surface area contributed by atoms with Gasteiger partial charge in [0.1, 0.15) is 12.4 Å². The van der Waals surface area contributed by atoms with Crippen LogP contribution in [0.2, 0.25) is 0 Å². The van der Waals surface area contributed by atoms with Crippen molar-refractivity contribution < 1.29 is 4.74 Å².